The van der Waals surface area contributed by atoms with Crippen molar-refractivity contribution in [2.45, 2.75) is 19.4 Å². The van der Waals surface area contributed by atoms with Crippen LogP contribution in [0.2, 0.25) is 0 Å². The molecule has 1 amide bonds. The molecule has 0 spiro atoms. The van der Waals surface area contributed by atoms with E-state index in [0.717, 1.165) is 18.0 Å². The van der Waals surface area contributed by atoms with Gasteiger partial charge in [0, 0.05) is 6.54 Å². The summed E-state index contributed by atoms with van der Waals surface area (Å²) in [5, 5.41) is 0. The molecule has 2 N–H and O–H groups in total. The predicted octanol–water partition coefficient (Wildman–Crippen LogP) is 0.327. The maximum atomic E-state index is 11.8. The molecule has 80 valence electrons. The van der Waals surface area contributed by atoms with Crippen molar-refractivity contribution in [3.63, 3.8) is 0 Å². The molecule has 1 atom stereocenters. The predicted molar refractivity (Wildman–Crippen MR) is 60.7 cm³/mol. The topological polar surface area (TPSA) is 58.7 Å². The first-order valence-electron chi connectivity index (χ1n) is 4.73. The van der Waals surface area contributed by atoms with Crippen LogP contribution in [0.4, 0.5) is 0 Å². The summed E-state index contributed by atoms with van der Waals surface area (Å²) >= 11 is 1.71. The van der Waals surface area contributed by atoms with Crippen LogP contribution in [-0.2, 0) is 4.79 Å². The molecular weight excluding hydrogens is 198 g/mol. The van der Waals surface area contributed by atoms with E-state index in [1.165, 1.54) is 0 Å². The summed E-state index contributed by atoms with van der Waals surface area (Å²) in [7, 11) is 0. The monoisotopic (exact) mass is 215 g/mol. The van der Waals surface area contributed by atoms with Crippen LogP contribution in [0, 0.1) is 0 Å². The van der Waals surface area contributed by atoms with E-state index < -0.39 is 0 Å². The van der Waals surface area contributed by atoms with Gasteiger partial charge in [-0.25, -0.2) is 0 Å². The Hall–Kier alpha value is -0.550. The number of thioether (sulfide) groups is 1. The van der Waals surface area contributed by atoms with Crippen LogP contribution in [0.1, 0.15) is 13.3 Å². The molecule has 0 unspecified atom stereocenters. The van der Waals surface area contributed by atoms with Gasteiger partial charge in [0.2, 0.25) is 5.91 Å². The van der Waals surface area contributed by atoms with Crippen molar-refractivity contribution < 1.29 is 4.79 Å². The average Bonchev–Trinajstić information content (AvgIpc) is 2.59. The van der Waals surface area contributed by atoms with E-state index in [9.17, 15) is 4.79 Å². The van der Waals surface area contributed by atoms with Gasteiger partial charge in [0.1, 0.15) is 5.84 Å². The summed E-state index contributed by atoms with van der Waals surface area (Å²) in [6.45, 7) is 3.26. The standard InChI is InChI=1S/C9H17N3OS/c1-7-11-4-5-12(7)9(13)8(10)3-6-14-2/h8H,3-6,10H2,1-2H3/t8-/m0/s1. The summed E-state index contributed by atoms with van der Waals surface area (Å²) in [6, 6.07) is -0.370. The number of nitrogens with two attached hydrogens (primary N) is 1. The zero-order chi connectivity index (χ0) is 10.6. The lowest BCUT2D eigenvalue weighted by atomic mass is 10.2. The molecule has 0 aromatic carbocycles. The minimum absolute atomic E-state index is 0.0119. The third-order valence-electron chi connectivity index (χ3n) is 2.27. The molecule has 1 aliphatic rings. The Labute approximate surface area is 88.9 Å². The highest BCUT2D eigenvalue weighted by Gasteiger charge is 2.24. The zero-order valence-electron chi connectivity index (χ0n) is 8.69. The Bertz CT molecular complexity index is 242. The highest BCUT2D eigenvalue weighted by atomic mass is 32.2. The number of amides is 1. The third-order valence-corrected chi connectivity index (χ3v) is 2.92. The Morgan fingerprint density at radius 3 is 3.00 bits per heavy atom. The minimum atomic E-state index is -0.370. The molecule has 0 fully saturated rings. The summed E-state index contributed by atoms with van der Waals surface area (Å²) in [6.07, 6.45) is 2.75. The van der Waals surface area contributed by atoms with Gasteiger partial charge in [0.25, 0.3) is 0 Å². The van der Waals surface area contributed by atoms with E-state index in [2.05, 4.69) is 4.99 Å². The lowest BCUT2D eigenvalue weighted by Crippen LogP contribution is -2.45. The maximum Gasteiger partial charge on any atom is 0.244 e. The lowest BCUT2D eigenvalue weighted by molar-refractivity contribution is -0.128. The molecular formula is C9H17N3OS. The molecule has 0 saturated heterocycles. The molecule has 0 bridgehead atoms. The van der Waals surface area contributed by atoms with Gasteiger partial charge < -0.3 is 5.73 Å². The van der Waals surface area contributed by atoms with Crippen molar-refractivity contribution in [1.29, 1.82) is 0 Å². The normalized spacial score (nSPS) is 18.2. The molecule has 1 aliphatic heterocycles. The van der Waals surface area contributed by atoms with Crippen molar-refractivity contribution in [2.24, 2.45) is 10.7 Å². The molecule has 0 aromatic rings. The molecule has 14 heavy (non-hydrogen) atoms. The molecule has 1 rings (SSSR count). The van der Waals surface area contributed by atoms with E-state index in [-0.39, 0.29) is 11.9 Å². The average molecular weight is 215 g/mol. The van der Waals surface area contributed by atoms with Gasteiger partial charge in [0.05, 0.1) is 12.6 Å². The number of carbonyl (C=O) groups excluding carboxylic acids is 1. The second kappa shape index (κ2) is 5.36. The summed E-state index contributed by atoms with van der Waals surface area (Å²) < 4.78 is 0. The number of aliphatic imine (C=N–C) groups is 1. The Morgan fingerprint density at radius 2 is 2.50 bits per heavy atom. The number of hydrogen-bond donors (Lipinski definition) is 1. The molecule has 0 saturated carbocycles. The second-order valence-electron chi connectivity index (χ2n) is 3.31. The Balaban J connectivity index is 2.44. The van der Waals surface area contributed by atoms with E-state index in [1.807, 2.05) is 13.2 Å². The van der Waals surface area contributed by atoms with Crippen LogP contribution >= 0.6 is 11.8 Å². The molecule has 0 aliphatic carbocycles. The second-order valence-corrected chi connectivity index (χ2v) is 4.29. The number of amidine groups is 1. The lowest BCUT2D eigenvalue weighted by Gasteiger charge is -2.20. The van der Waals surface area contributed by atoms with Gasteiger partial charge in [-0.3, -0.25) is 14.7 Å². The molecule has 5 heteroatoms. The highest BCUT2D eigenvalue weighted by molar-refractivity contribution is 7.98. The van der Waals surface area contributed by atoms with Gasteiger partial charge in [-0.2, -0.15) is 11.8 Å². The minimum Gasteiger partial charge on any atom is -0.320 e. The van der Waals surface area contributed by atoms with E-state index >= 15 is 0 Å². The van der Waals surface area contributed by atoms with Gasteiger partial charge in [-0.1, -0.05) is 0 Å². The smallest absolute Gasteiger partial charge is 0.244 e. The first kappa shape index (κ1) is 11.5. The van der Waals surface area contributed by atoms with Crippen LogP contribution in [0.3, 0.4) is 0 Å². The zero-order valence-corrected chi connectivity index (χ0v) is 9.51. The Morgan fingerprint density at radius 1 is 1.79 bits per heavy atom. The largest absolute Gasteiger partial charge is 0.320 e. The first-order valence-corrected chi connectivity index (χ1v) is 6.13. The molecule has 0 aromatic heterocycles. The number of carbonyl (C=O) groups is 1. The van der Waals surface area contributed by atoms with Crippen LogP contribution in [0.25, 0.3) is 0 Å². The third kappa shape index (κ3) is 2.72. The van der Waals surface area contributed by atoms with Gasteiger partial charge >= 0.3 is 0 Å². The van der Waals surface area contributed by atoms with Crippen molar-refractivity contribution in [2.75, 3.05) is 25.1 Å². The number of hydrogen-bond acceptors (Lipinski definition) is 4. The van der Waals surface area contributed by atoms with E-state index in [0.29, 0.717) is 13.1 Å². The van der Waals surface area contributed by atoms with Gasteiger partial charge in [0.15, 0.2) is 0 Å². The van der Waals surface area contributed by atoms with Crippen molar-refractivity contribution in [3.05, 3.63) is 0 Å². The molecule has 4 nitrogen and oxygen atoms in total. The van der Waals surface area contributed by atoms with Gasteiger partial charge in [-0.05, 0) is 25.4 Å². The summed E-state index contributed by atoms with van der Waals surface area (Å²) in [4.78, 5) is 17.6. The number of rotatable bonds is 4. The quantitative estimate of drug-likeness (QED) is 0.735. The fourth-order valence-corrected chi connectivity index (χ4v) is 1.89. The first-order chi connectivity index (χ1) is 6.66. The Kier molecular flexibility index (Phi) is 4.41. The summed E-state index contributed by atoms with van der Waals surface area (Å²) in [5.74, 6) is 1.74. The molecule has 0 radical (unpaired) electrons. The SMILES string of the molecule is CSCC[C@H](N)C(=O)N1CCN=C1C. The van der Waals surface area contributed by atoms with Crippen molar-refractivity contribution >= 4 is 23.5 Å². The summed E-state index contributed by atoms with van der Waals surface area (Å²) in [5.41, 5.74) is 5.79. The van der Waals surface area contributed by atoms with Crippen LogP contribution in [-0.4, -0.2) is 47.8 Å². The van der Waals surface area contributed by atoms with Crippen LogP contribution < -0.4 is 5.73 Å². The fourth-order valence-electron chi connectivity index (χ4n) is 1.40. The van der Waals surface area contributed by atoms with Crippen molar-refractivity contribution in [3.8, 4) is 0 Å². The van der Waals surface area contributed by atoms with Crippen molar-refractivity contribution in [1.82, 2.24) is 4.90 Å². The van der Waals surface area contributed by atoms with E-state index in [4.69, 9.17) is 5.73 Å². The van der Waals surface area contributed by atoms with E-state index in [1.54, 1.807) is 16.7 Å². The number of nitrogens with zero attached hydrogens (tertiary/aromatic N) is 2. The van der Waals surface area contributed by atoms with Crippen LogP contribution in [0.5, 0.6) is 0 Å². The fraction of sp³-hybridized carbons (Fsp3) is 0.778. The van der Waals surface area contributed by atoms with Crippen LogP contribution in [0.15, 0.2) is 4.99 Å². The van der Waals surface area contributed by atoms with Gasteiger partial charge in [-0.15, -0.1) is 0 Å². The highest BCUT2D eigenvalue weighted by Crippen LogP contribution is 2.06. The molecule has 1 heterocycles. The maximum absolute atomic E-state index is 11.8.